The lowest BCUT2D eigenvalue weighted by molar-refractivity contribution is -0.137. The molecule has 1 unspecified atom stereocenters. The average molecular weight is 310 g/mol. The number of carbonyl (C=O) groups is 1. The minimum Gasteiger partial charge on any atom is -0.497 e. The number of hydrogen-bond donors (Lipinski definition) is 0. The van der Waals surface area contributed by atoms with Gasteiger partial charge in [0.25, 0.3) is 0 Å². The monoisotopic (exact) mass is 310 g/mol. The molecule has 22 heavy (non-hydrogen) atoms. The van der Waals surface area contributed by atoms with E-state index < -0.39 is 0 Å². The summed E-state index contributed by atoms with van der Waals surface area (Å²) in [7, 11) is 3.40. The fourth-order valence-electron chi connectivity index (χ4n) is 2.44. The van der Waals surface area contributed by atoms with E-state index in [9.17, 15) is 4.79 Å². The van der Waals surface area contributed by atoms with Gasteiger partial charge in [-0.05, 0) is 38.7 Å². The van der Waals surface area contributed by atoms with Crippen LogP contribution in [0, 0.1) is 5.92 Å². The highest BCUT2D eigenvalue weighted by atomic mass is 16.5. The van der Waals surface area contributed by atoms with Crippen LogP contribution >= 0.6 is 0 Å². The maximum Gasteiger partial charge on any atom is 0.310 e. The van der Waals surface area contributed by atoms with E-state index >= 15 is 0 Å². The van der Waals surface area contributed by atoms with E-state index in [0.29, 0.717) is 18.9 Å². The van der Waals surface area contributed by atoms with Gasteiger partial charge in [-0.15, -0.1) is 0 Å². The minimum atomic E-state index is -0.174. The molecule has 1 rings (SSSR count). The number of cyclic esters (lactones) is 1. The molecule has 1 aliphatic heterocycles. The Labute approximate surface area is 134 Å². The zero-order valence-corrected chi connectivity index (χ0v) is 14.6. The van der Waals surface area contributed by atoms with Crippen LogP contribution < -0.4 is 0 Å². The summed E-state index contributed by atoms with van der Waals surface area (Å²) in [6, 6.07) is 0. The van der Waals surface area contributed by atoms with Gasteiger partial charge in [0.15, 0.2) is 0 Å². The summed E-state index contributed by atoms with van der Waals surface area (Å²) in [5, 5.41) is 0. The predicted octanol–water partition coefficient (Wildman–Crippen LogP) is 4.01. The molecule has 1 atom stereocenters. The van der Waals surface area contributed by atoms with Gasteiger partial charge in [-0.2, -0.15) is 0 Å². The highest BCUT2D eigenvalue weighted by Gasteiger charge is 2.20. The summed E-state index contributed by atoms with van der Waals surface area (Å²) >= 11 is 0. The Morgan fingerprint density at radius 2 is 2.14 bits per heavy atom. The van der Waals surface area contributed by atoms with Gasteiger partial charge in [0.2, 0.25) is 0 Å². The Balaban J connectivity index is 2.36. The third kappa shape index (κ3) is 6.65. The second kappa shape index (κ2) is 8.99. The summed E-state index contributed by atoms with van der Waals surface area (Å²) in [6.07, 6.45) is 8.85. The number of hydrogen-bond acceptors (Lipinski definition) is 4. The van der Waals surface area contributed by atoms with Crippen molar-refractivity contribution in [1.82, 2.24) is 0 Å². The molecule has 0 aromatic rings. The molecule has 126 valence electrons. The van der Waals surface area contributed by atoms with E-state index in [1.807, 2.05) is 6.08 Å². The van der Waals surface area contributed by atoms with E-state index in [0.717, 1.165) is 30.6 Å². The van der Waals surface area contributed by atoms with Crippen molar-refractivity contribution < 1.29 is 19.0 Å². The minimum absolute atomic E-state index is 0.0296. The highest BCUT2D eigenvalue weighted by Crippen LogP contribution is 2.22. The van der Waals surface area contributed by atoms with Crippen LogP contribution in [0.3, 0.4) is 0 Å². The van der Waals surface area contributed by atoms with Crippen molar-refractivity contribution in [3.8, 4) is 0 Å². The maximum absolute atomic E-state index is 11.1. The number of ether oxygens (including phenoxy) is 3. The number of rotatable bonds is 9. The molecule has 0 spiro atoms. The molecule has 4 nitrogen and oxygen atoms in total. The van der Waals surface area contributed by atoms with Crippen LogP contribution in [0.1, 0.15) is 52.9 Å². The lowest BCUT2D eigenvalue weighted by Crippen LogP contribution is -2.22. The fraction of sp³-hybridized carbons (Fsp3) is 0.722. The third-order valence-corrected chi connectivity index (χ3v) is 4.17. The van der Waals surface area contributed by atoms with Crippen LogP contribution in [0.4, 0.5) is 0 Å². The van der Waals surface area contributed by atoms with Crippen LogP contribution in [0.2, 0.25) is 0 Å². The van der Waals surface area contributed by atoms with Gasteiger partial charge in [-0.3, -0.25) is 4.79 Å². The number of methoxy groups -OCH3 is 2. The first-order valence-corrected chi connectivity index (χ1v) is 8.01. The fourth-order valence-corrected chi connectivity index (χ4v) is 2.44. The molecule has 0 amide bonds. The Kier molecular flexibility index (Phi) is 7.66. The normalized spacial score (nSPS) is 19.4. The first-order chi connectivity index (χ1) is 10.4. The van der Waals surface area contributed by atoms with Crippen molar-refractivity contribution in [1.29, 1.82) is 0 Å². The molecule has 0 saturated carbocycles. The Morgan fingerprint density at radius 1 is 1.41 bits per heavy atom. The third-order valence-electron chi connectivity index (χ3n) is 4.17. The first-order valence-electron chi connectivity index (χ1n) is 8.01. The zero-order chi connectivity index (χ0) is 16.6. The van der Waals surface area contributed by atoms with Crippen LogP contribution in [-0.4, -0.2) is 32.4 Å². The van der Waals surface area contributed by atoms with E-state index in [1.165, 1.54) is 6.42 Å². The summed E-state index contributed by atoms with van der Waals surface area (Å²) < 4.78 is 15.7. The number of carbonyl (C=O) groups excluding carboxylic acids is 1. The molecule has 0 aliphatic carbocycles. The number of esters is 1. The predicted molar refractivity (Wildman–Crippen MR) is 87.5 cm³/mol. The second-order valence-corrected chi connectivity index (χ2v) is 6.61. The Morgan fingerprint density at radius 3 is 2.68 bits per heavy atom. The van der Waals surface area contributed by atoms with E-state index in [2.05, 4.69) is 26.8 Å². The summed E-state index contributed by atoms with van der Waals surface area (Å²) in [5.41, 5.74) is 0.899. The summed E-state index contributed by atoms with van der Waals surface area (Å²) in [4.78, 5) is 11.1. The highest BCUT2D eigenvalue weighted by molar-refractivity contribution is 5.75. The molecule has 1 heterocycles. The molecule has 4 heteroatoms. The van der Waals surface area contributed by atoms with Gasteiger partial charge < -0.3 is 14.2 Å². The van der Waals surface area contributed by atoms with Crippen molar-refractivity contribution >= 4 is 5.97 Å². The standard InChI is InChI=1S/C18H30O4/c1-14(9-7-11-18(2,3)21-5)8-6-10-16(20-4)15-12-17(19)22-13-15/h6,10,14H,7-9,11-13H2,1-5H3/b10-6+,16-15+. The van der Waals surface area contributed by atoms with Crippen molar-refractivity contribution in [2.45, 2.75) is 58.5 Å². The summed E-state index contributed by atoms with van der Waals surface area (Å²) in [6.45, 7) is 6.86. The molecule has 0 N–H and O–H groups in total. The van der Waals surface area contributed by atoms with Gasteiger partial charge in [0, 0.05) is 12.7 Å². The zero-order valence-electron chi connectivity index (χ0n) is 14.6. The number of allylic oxidation sites excluding steroid dienone is 2. The van der Waals surface area contributed by atoms with Crippen molar-refractivity contribution in [3.63, 3.8) is 0 Å². The molecular formula is C18H30O4. The molecule has 0 aromatic carbocycles. The largest absolute Gasteiger partial charge is 0.497 e. The lowest BCUT2D eigenvalue weighted by Gasteiger charge is -2.23. The van der Waals surface area contributed by atoms with Crippen LogP contribution in [0.5, 0.6) is 0 Å². The molecular weight excluding hydrogens is 280 g/mol. The Bertz CT molecular complexity index is 421. The summed E-state index contributed by atoms with van der Waals surface area (Å²) in [5.74, 6) is 1.21. The average Bonchev–Trinajstić information content (AvgIpc) is 2.90. The maximum atomic E-state index is 11.1. The molecule has 1 fully saturated rings. The van der Waals surface area contributed by atoms with E-state index in [1.54, 1.807) is 14.2 Å². The van der Waals surface area contributed by atoms with Gasteiger partial charge >= 0.3 is 5.97 Å². The molecule has 0 bridgehead atoms. The topological polar surface area (TPSA) is 44.8 Å². The SMILES string of the molecule is COC(/C=C/CC(C)CCCC(C)(C)OC)=C1/COC(=O)C1. The lowest BCUT2D eigenvalue weighted by atomic mass is 9.95. The van der Waals surface area contributed by atoms with Crippen LogP contribution in [-0.2, 0) is 19.0 Å². The van der Waals surface area contributed by atoms with E-state index in [-0.39, 0.29) is 11.6 Å². The van der Waals surface area contributed by atoms with Gasteiger partial charge in [0.1, 0.15) is 12.4 Å². The molecule has 0 aromatic heterocycles. The van der Waals surface area contributed by atoms with Crippen molar-refractivity contribution in [2.75, 3.05) is 20.8 Å². The second-order valence-electron chi connectivity index (χ2n) is 6.61. The molecule has 1 aliphatic rings. The van der Waals surface area contributed by atoms with Gasteiger partial charge in [-0.1, -0.05) is 25.8 Å². The smallest absolute Gasteiger partial charge is 0.310 e. The quantitative estimate of drug-likeness (QED) is 0.477. The molecule has 1 saturated heterocycles. The first kappa shape index (κ1) is 18.8. The van der Waals surface area contributed by atoms with Crippen LogP contribution in [0.25, 0.3) is 0 Å². The van der Waals surface area contributed by atoms with Crippen molar-refractivity contribution in [2.24, 2.45) is 5.92 Å². The van der Waals surface area contributed by atoms with Gasteiger partial charge in [0.05, 0.1) is 19.1 Å². The van der Waals surface area contributed by atoms with E-state index in [4.69, 9.17) is 14.2 Å². The van der Waals surface area contributed by atoms with Crippen LogP contribution in [0.15, 0.2) is 23.5 Å². The van der Waals surface area contributed by atoms with Crippen molar-refractivity contribution in [3.05, 3.63) is 23.5 Å². The Hall–Kier alpha value is -1.29. The van der Waals surface area contributed by atoms with Gasteiger partial charge in [-0.25, -0.2) is 0 Å². The molecule has 0 radical (unpaired) electrons.